The molecule has 0 radical (unpaired) electrons. The highest BCUT2D eigenvalue weighted by molar-refractivity contribution is 5.80. The van der Waals surface area contributed by atoms with Crippen molar-refractivity contribution in [1.82, 2.24) is 20.1 Å². The van der Waals surface area contributed by atoms with Gasteiger partial charge in [-0.3, -0.25) is 4.79 Å². The zero-order valence-electron chi connectivity index (χ0n) is 16.2. The van der Waals surface area contributed by atoms with Crippen molar-refractivity contribution in [2.75, 3.05) is 6.54 Å². The maximum Gasteiger partial charge on any atom is 0.254 e. The number of H-pyrrole nitrogens is 1. The Morgan fingerprint density at radius 1 is 1.17 bits per heavy atom. The predicted molar refractivity (Wildman–Crippen MR) is 113 cm³/mol. The van der Waals surface area contributed by atoms with Gasteiger partial charge in [-0.1, -0.05) is 36.4 Å². The Hall–Kier alpha value is -3.38. The van der Waals surface area contributed by atoms with Crippen molar-refractivity contribution in [3.05, 3.63) is 87.8 Å². The first-order chi connectivity index (χ1) is 14.2. The highest BCUT2D eigenvalue weighted by Crippen LogP contribution is 2.27. The summed E-state index contributed by atoms with van der Waals surface area (Å²) in [6.45, 7) is 3.13. The van der Waals surface area contributed by atoms with Gasteiger partial charge in [-0.2, -0.15) is 5.10 Å². The SMILES string of the molecule is Cc1nn(-c2ccccc2)c2[nH]c(=O)c(CNCC3Cc4ccccc4O3)cc12. The first-order valence-corrected chi connectivity index (χ1v) is 9.81. The molecule has 0 saturated heterocycles. The summed E-state index contributed by atoms with van der Waals surface area (Å²) in [6, 6.07) is 19.9. The molecule has 4 aromatic rings. The smallest absolute Gasteiger partial charge is 0.254 e. The number of nitrogens with zero attached hydrogens (tertiary/aromatic N) is 2. The van der Waals surface area contributed by atoms with Crippen LogP contribution in [0.3, 0.4) is 0 Å². The zero-order valence-corrected chi connectivity index (χ0v) is 16.2. The van der Waals surface area contributed by atoms with Gasteiger partial charge in [0.1, 0.15) is 17.5 Å². The van der Waals surface area contributed by atoms with E-state index in [1.165, 1.54) is 5.56 Å². The number of benzene rings is 2. The molecule has 2 N–H and O–H groups in total. The first kappa shape index (κ1) is 17.7. The molecular formula is C23H22N4O2. The largest absolute Gasteiger partial charge is 0.488 e. The van der Waals surface area contributed by atoms with Gasteiger partial charge in [0, 0.05) is 30.5 Å². The summed E-state index contributed by atoms with van der Waals surface area (Å²) in [7, 11) is 0. The minimum atomic E-state index is -0.0993. The molecule has 3 heterocycles. The van der Waals surface area contributed by atoms with Crippen LogP contribution in [0.25, 0.3) is 16.7 Å². The number of hydrogen-bond donors (Lipinski definition) is 2. The fourth-order valence-electron chi connectivity index (χ4n) is 3.88. The molecule has 0 aliphatic carbocycles. The van der Waals surface area contributed by atoms with Gasteiger partial charge in [0.15, 0.2) is 0 Å². The fraction of sp³-hybridized carbons (Fsp3) is 0.217. The van der Waals surface area contributed by atoms with E-state index in [2.05, 4.69) is 21.5 Å². The molecule has 2 aromatic heterocycles. The number of aromatic amines is 1. The van der Waals surface area contributed by atoms with Crippen molar-refractivity contribution < 1.29 is 4.74 Å². The number of aromatic nitrogens is 3. The molecule has 0 bridgehead atoms. The van der Waals surface area contributed by atoms with Crippen molar-refractivity contribution in [3.8, 4) is 11.4 Å². The molecule has 1 unspecified atom stereocenters. The van der Waals surface area contributed by atoms with E-state index in [0.29, 0.717) is 18.7 Å². The Morgan fingerprint density at radius 2 is 1.97 bits per heavy atom. The number of para-hydroxylation sites is 2. The van der Waals surface area contributed by atoms with Gasteiger partial charge >= 0.3 is 0 Å². The summed E-state index contributed by atoms with van der Waals surface area (Å²) < 4.78 is 7.74. The third kappa shape index (κ3) is 3.32. The first-order valence-electron chi connectivity index (χ1n) is 9.81. The number of ether oxygens (including phenoxy) is 1. The topological polar surface area (TPSA) is 71.9 Å². The molecule has 5 rings (SSSR count). The number of rotatable bonds is 5. The van der Waals surface area contributed by atoms with Crippen LogP contribution < -0.4 is 15.6 Å². The summed E-state index contributed by atoms with van der Waals surface area (Å²) in [6.07, 6.45) is 0.986. The molecule has 6 heteroatoms. The van der Waals surface area contributed by atoms with E-state index in [1.54, 1.807) is 4.68 Å². The van der Waals surface area contributed by atoms with Gasteiger partial charge in [0.05, 0.1) is 11.4 Å². The number of nitrogens with one attached hydrogen (secondary N) is 2. The number of aryl methyl sites for hydroxylation is 1. The second-order valence-corrected chi connectivity index (χ2v) is 7.40. The molecule has 6 nitrogen and oxygen atoms in total. The predicted octanol–water partition coefficient (Wildman–Crippen LogP) is 3.12. The second kappa shape index (κ2) is 7.22. The van der Waals surface area contributed by atoms with E-state index in [-0.39, 0.29) is 11.7 Å². The molecule has 0 saturated carbocycles. The van der Waals surface area contributed by atoms with Crippen LogP contribution in [0.1, 0.15) is 16.8 Å². The molecule has 1 aliphatic rings. The van der Waals surface area contributed by atoms with Crippen LogP contribution in [0.4, 0.5) is 0 Å². The molecule has 1 atom stereocenters. The summed E-state index contributed by atoms with van der Waals surface area (Å²) in [4.78, 5) is 15.7. The fourth-order valence-corrected chi connectivity index (χ4v) is 3.88. The number of pyridine rings is 1. The van der Waals surface area contributed by atoms with Crippen LogP contribution in [-0.4, -0.2) is 27.4 Å². The molecule has 146 valence electrons. The monoisotopic (exact) mass is 386 g/mol. The van der Waals surface area contributed by atoms with Crippen molar-refractivity contribution in [1.29, 1.82) is 0 Å². The summed E-state index contributed by atoms with van der Waals surface area (Å²) in [5.74, 6) is 0.961. The Morgan fingerprint density at radius 3 is 2.79 bits per heavy atom. The Labute approximate surface area is 168 Å². The molecule has 2 aromatic carbocycles. The van der Waals surface area contributed by atoms with E-state index in [0.717, 1.165) is 34.6 Å². The maximum atomic E-state index is 12.7. The van der Waals surface area contributed by atoms with Gasteiger partial charge in [-0.25, -0.2) is 4.68 Å². The van der Waals surface area contributed by atoms with Crippen molar-refractivity contribution in [3.63, 3.8) is 0 Å². The van der Waals surface area contributed by atoms with Gasteiger partial charge in [-0.05, 0) is 36.8 Å². The van der Waals surface area contributed by atoms with Gasteiger partial charge in [-0.15, -0.1) is 0 Å². The lowest BCUT2D eigenvalue weighted by atomic mass is 10.1. The van der Waals surface area contributed by atoms with Crippen LogP contribution in [0, 0.1) is 6.92 Å². The van der Waals surface area contributed by atoms with Crippen molar-refractivity contribution in [2.45, 2.75) is 26.0 Å². The summed E-state index contributed by atoms with van der Waals surface area (Å²) in [5, 5.41) is 8.94. The molecule has 29 heavy (non-hydrogen) atoms. The lowest BCUT2D eigenvalue weighted by Crippen LogP contribution is -2.31. The zero-order chi connectivity index (χ0) is 19.8. The quantitative estimate of drug-likeness (QED) is 0.553. The van der Waals surface area contributed by atoms with E-state index in [4.69, 9.17) is 4.74 Å². The maximum absolute atomic E-state index is 12.7. The lowest BCUT2D eigenvalue weighted by Gasteiger charge is -2.12. The average Bonchev–Trinajstić information content (AvgIpc) is 3.29. The van der Waals surface area contributed by atoms with Crippen molar-refractivity contribution >= 4 is 11.0 Å². The molecule has 1 aliphatic heterocycles. The molecule has 0 spiro atoms. The normalized spacial score (nSPS) is 15.4. The molecular weight excluding hydrogens is 364 g/mol. The Balaban J connectivity index is 1.33. The minimum absolute atomic E-state index is 0.0952. The van der Waals surface area contributed by atoms with Crippen LogP contribution in [0.2, 0.25) is 0 Å². The number of fused-ring (bicyclic) bond motifs is 2. The van der Waals surface area contributed by atoms with E-state index in [1.807, 2.05) is 61.5 Å². The second-order valence-electron chi connectivity index (χ2n) is 7.40. The molecule has 0 fully saturated rings. The lowest BCUT2D eigenvalue weighted by molar-refractivity contribution is 0.227. The van der Waals surface area contributed by atoms with Crippen LogP contribution in [0.5, 0.6) is 5.75 Å². The summed E-state index contributed by atoms with van der Waals surface area (Å²) in [5.41, 5.74) is 4.36. The standard InChI is InChI=1S/C23H22N4O2/c1-15-20-12-17(13-24-14-19-11-16-7-5-6-10-21(16)29-19)23(28)25-22(20)27(26-15)18-8-3-2-4-9-18/h2-10,12,19,24H,11,13-14H2,1H3,(H,25,28). The minimum Gasteiger partial charge on any atom is -0.488 e. The van der Waals surface area contributed by atoms with Gasteiger partial charge in [0.25, 0.3) is 5.56 Å². The third-order valence-corrected chi connectivity index (χ3v) is 5.35. The highest BCUT2D eigenvalue weighted by Gasteiger charge is 2.22. The van der Waals surface area contributed by atoms with Crippen LogP contribution >= 0.6 is 0 Å². The van der Waals surface area contributed by atoms with Gasteiger partial charge in [0.2, 0.25) is 0 Å². The van der Waals surface area contributed by atoms with Gasteiger partial charge < -0.3 is 15.0 Å². The van der Waals surface area contributed by atoms with E-state index >= 15 is 0 Å². The summed E-state index contributed by atoms with van der Waals surface area (Å²) >= 11 is 0. The van der Waals surface area contributed by atoms with E-state index in [9.17, 15) is 4.79 Å². The van der Waals surface area contributed by atoms with Crippen molar-refractivity contribution in [2.24, 2.45) is 0 Å². The highest BCUT2D eigenvalue weighted by atomic mass is 16.5. The third-order valence-electron chi connectivity index (χ3n) is 5.35. The Bertz CT molecular complexity index is 1200. The van der Waals surface area contributed by atoms with Crippen LogP contribution in [0.15, 0.2) is 65.5 Å². The van der Waals surface area contributed by atoms with E-state index < -0.39 is 0 Å². The average molecular weight is 386 g/mol. The number of hydrogen-bond acceptors (Lipinski definition) is 4. The molecule has 0 amide bonds. The Kier molecular flexibility index (Phi) is 4.41. The van der Waals surface area contributed by atoms with Crippen LogP contribution in [-0.2, 0) is 13.0 Å².